The lowest BCUT2D eigenvalue weighted by Crippen LogP contribution is -2.47. The Balaban J connectivity index is 1.52. The molecule has 0 aliphatic carbocycles. The van der Waals surface area contributed by atoms with Crippen molar-refractivity contribution in [2.45, 2.75) is 5.92 Å². The summed E-state index contributed by atoms with van der Waals surface area (Å²) < 4.78 is 2.02. The number of phenols is 1. The molecule has 0 saturated carbocycles. The molecule has 1 amide bonds. The van der Waals surface area contributed by atoms with E-state index in [4.69, 9.17) is 4.98 Å². The number of aromatic hydroxyl groups is 1. The monoisotopic (exact) mass is 369 g/mol. The highest BCUT2D eigenvalue weighted by molar-refractivity contribution is 5.97. The number of likely N-dealkylation sites (tertiary alicyclic amines) is 1. The molecule has 5 rings (SSSR count). The van der Waals surface area contributed by atoms with Gasteiger partial charge in [0.2, 0.25) is 5.91 Å². The largest absolute Gasteiger partial charge is 0.508 e. The van der Waals surface area contributed by atoms with E-state index in [0.717, 1.165) is 33.2 Å². The van der Waals surface area contributed by atoms with Gasteiger partial charge in [0, 0.05) is 31.4 Å². The van der Waals surface area contributed by atoms with Crippen molar-refractivity contribution in [1.29, 1.82) is 0 Å². The number of carbonyl (C=O) groups is 1. The van der Waals surface area contributed by atoms with Crippen LogP contribution in [0.25, 0.3) is 27.5 Å². The summed E-state index contributed by atoms with van der Waals surface area (Å²) in [6, 6.07) is 15.6. The molecule has 0 atom stereocenters. The van der Waals surface area contributed by atoms with Gasteiger partial charge in [0.25, 0.3) is 0 Å². The molecule has 1 saturated heterocycles. The van der Waals surface area contributed by atoms with Crippen LogP contribution in [0.3, 0.4) is 0 Å². The van der Waals surface area contributed by atoms with Crippen molar-refractivity contribution in [3.63, 3.8) is 0 Å². The van der Waals surface area contributed by atoms with Crippen molar-refractivity contribution >= 4 is 22.3 Å². The van der Waals surface area contributed by atoms with Gasteiger partial charge < -0.3 is 14.4 Å². The molecular weight excluding hydrogens is 350 g/mol. The Kier molecular flexibility index (Phi) is 3.69. The molecule has 138 valence electrons. The predicted molar refractivity (Wildman–Crippen MR) is 109 cm³/mol. The van der Waals surface area contributed by atoms with E-state index in [0.29, 0.717) is 13.1 Å². The lowest BCUT2D eigenvalue weighted by atomic mass is 9.97. The first kappa shape index (κ1) is 16.6. The quantitative estimate of drug-likeness (QED) is 0.556. The topological polar surface area (TPSA) is 57.8 Å². The van der Waals surface area contributed by atoms with Gasteiger partial charge in [-0.2, -0.15) is 0 Å². The number of fused-ring (bicyclic) bond motifs is 2. The summed E-state index contributed by atoms with van der Waals surface area (Å²) in [6.07, 6.45) is 5.42. The van der Waals surface area contributed by atoms with Crippen LogP contribution in [0.15, 0.2) is 73.6 Å². The van der Waals surface area contributed by atoms with Crippen LogP contribution in [0, 0.1) is 0 Å². The van der Waals surface area contributed by atoms with Crippen molar-refractivity contribution in [3.8, 4) is 16.9 Å². The number of phenolic OH excluding ortho intramolecular Hbond substituents is 1. The first-order valence-corrected chi connectivity index (χ1v) is 9.24. The molecule has 2 aromatic carbocycles. The Morgan fingerprint density at radius 2 is 1.96 bits per heavy atom. The summed E-state index contributed by atoms with van der Waals surface area (Å²) in [6.45, 7) is 4.89. The summed E-state index contributed by atoms with van der Waals surface area (Å²) in [5.41, 5.74) is 3.86. The third-order valence-corrected chi connectivity index (χ3v) is 5.41. The van der Waals surface area contributed by atoms with Crippen molar-refractivity contribution < 1.29 is 9.90 Å². The molecule has 3 heterocycles. The average molecular weight is 369 g/mol. The van der Waals surface area contributed by atoms with Gasteiger partial charge in [0.05, 0.1) is 5.69 Å². The smallest absolute Gasteiger partial charge is 0.245 e. The fraction of sp³-hybridized carbons (Fsp3) is 0.130. The van der Waals surface area contributed by atoms with Gasteiger partial charge in [-0.25, -0.2) is 4.98 Å². The second kappa shape index (κ2) is 6.23. The van der Waals surface area contributed by atoms with Crippen molar-refractivity contribution in [2.75, 3.05) is 13.1 Å². The van der Waals surface area contributed by atoms with Crippen molar-refractivity contribution in [1.82, 2.24) is 14.3 Å². The van der Waals surface area contributed by atoms with Crippen LogP contribution in [-0.2, 0) is 4.79 Å². The summed E-state index contributed by atoms with van der Waals surface area (Å²) in [7, 11) is 0. The Morgan fingerprint density at radius 1 is 1.14 bits per heavy atom. The minimum absolute atomic E-state index is 0.0296. The summed E-state index contributed by atoms with van der Waals surface area (Å²) >= 11 is 0. The number of aromatic nitrogens is 2. The van der Waals surface area contributed by atoms with Gasteiger partial charge in [0.15, 0.2) is 0 Å². The van der Waals surface area contributed by atoms with Gasteiger partial charge in [-0.3, -0.25) is 4.79 Å². The number of rotatable bonds is 3. The highest BCUT2D eigenvalue weighted by Crippen LogP contribution is 2.33. The molecule has 1 aliphatic rings. The second-order valence-corrected chi connectivity index (χ2v) is 7.21. The highest BCUT2D eigenvalue weighted by Gasteiger charge is 2.32. The van der Waals surface area contributed by atoms with Crippen LogP contribution >= 0.6 is 0 Å². The van der Waals surface area contributed by atoms with E-state index >= 15 is 0 Å². The zero-order chi connectivity index (χ0) is 19.3. The van der Waals surface area contributed by atoms with E-state index in [1.54, 1.807) is 17.0 Å². The predicted octanol–water partition coefficient (Wildman–Crippen LogP) is 3.97. The van der Waals surface area contributed by atoms with Crippen molar-refractivity contribution in [3.05, 3.63) is 79.3 Å². The summed E-state index contributed by atoms with van der Waals surface area (Å²) in [4.78, 5) is 18.1. The Labute approximate surface area is 162 Å². The van der Waals surface area contributed by atoms with Crippen molar-refractivity contribution in [2.24, 2.45) is 0 Å². The molecule has 4 aromatic rings. The molecule has 2 aromatic heterocycles. The first-order chi connectivity index (χ1) is 13.6. The number of amides is 1. The van der Waals surface area contributed by atoms with Gasteiger partial charge in [-0.15, -0.1) is 0 Å². The van der Waals surface area contributed by atoms with E-state index in [2.05, 4.69) is 12.6 Å². The van der Waals surface area contributed by atoms with Crippen LogP contribution in [-0.4, -0.2) is 38.4 Å². The lowest BCUT2D eigenvalue weighted by molar-refractivity contribution is -0.130. The molecule has 0 radical (unpaired) electrons. The van der Waals surface area contributed by atoms with Gasteiger partial charge in [0.1, 0.15) is 11.4 Å². The standard InChI is InChI=1S/C23H19N3O2/c1-2-23(28)26-12-17(13-26)21-14-25-11-16(7-8-22(25)24-21)20-10-18(27)9-15-5-3-4-6-19(15)20/h2-11,14,17,27H,1,12-13H2. The maximum Gasteiger partial charge on any atom is 0.245 e. The number of pyridine rings is 1. The number of nitrogens with zero attached hydrogens (tertiary/aromatic N) is 3. The summed E-state index contributed by atoms with van der Waals surface area (Å²) in [5, 5.41) is 12.2. The molecule has 1 fully saturated rings. The minimum atomic E-state index is -0.0296. The number of carbonyl (C=O) groups excluding carboxylic acids is 1. The maximum absolute atomic E-state index is 11.6. The second-order valence-electron chi connectivity index (χ2n) is 7.21. The van der Waals surface area contributed by atoms with E-state index < -0.39 is 0 Å². The Morgan fingerprint density at radius 3 is 2.79 bits per heavy atom. The SMILES string of the molecule is C=CC(=O)N1CC(c2cn3cc(-c4cc(O)cc5ccccc45)ccc3n2)C1. The Bertz CT molecular complexity index is 1240. The van der Waals surface area contributed by atoms with Gasteiger partial charge in [-0.05, 0) is 52.2 Å². The zero-order valence-electron chi connectivity index (χ0n) is 15.2. The van der Waals surface area contributed by atoms with Crippen LogP contribution in [0.4, 0.5) is 0 Å². The van der Waals surface area contributed by atoms with Gasteiger partial charge in [-0.1, -0.05) is 30.8 Å². The normalized spacial score (nSPS) is 14.4. The summed E-state index contributed by atoms with van der Waals surface area (Å²) in [5.74, 6) is 0.480. The number of benzene rings is 2. The van der Waals surface area contributed by atoms with Crippen LogP contribution in [0.1, 0.15) is 11.6 Å². The van der Waals surface area contributed by atoms with Crippen LogP contribution in [0.5, 0.6) is 5.75 Å². The van der Waals surface area contributed by atoms with Crippen LogP contribution in [0.2, 0.25) is 0 Å². The highest BCUT2D eigenvalue weighted by atomic mass is 16.3. The van der Waals surface area contributed by atoms with E-state index in [9.17, 15) is 9.90 Å². The fourth-order valence-corrected chi connectivity index (χ4v) is 3.88. The molecule has 1 N–H and O–H groups in total. The molecule has 0 spiro atoms. The molecule has 5 nitrogen and oxygen atoms in total. The minimum Gasteiger partial charge on any atom is -0.508 e. The zero-order valence-corrected chi connectivity index (χ0v) is 15.2. The maximum atomic E-state index is 11.6. The number of imidazole rings is 1. The Hall–Kier alpha value is -3.60. The molecule has 28 heavy (non-hydrogen) atoms. The molecule has 1 aliphatic heterocycles. The molecule has 5 heteroatoms. The molecular formula is C23H19N3O2. The lowest BCUT2D eigenvalue weighted by Gasteiger charge is -2.37. The van der Waals surface area contributed by atoms with Gasteiger partial charge >= 0.3 is 0 Å². The van der Waals surface area contributed by atoms with Crippen LogP contribution < -0.4 is 0 Å². The molecule has 0 bridgehead atoms. The third-order valence-electron chi connectivity index (χ3n) is 5.41. The van der Waals surface area contributed by atoms with E-state index in [1.807, 2.05) is 47.1 Å². The number of hydrogen-bond acceptors (Lipinski definition) is 3. The third kappa shape index (κ3) is 2.63. The molecule has 0 unspecified atom stereocenters. The fourth-order valence-electron chi connectivity index (χ4n) is 3.88. The van der Waals surface area contributed by atoms with E-state index in [1.165, 1.54) is 6.08 Å². The number of hydrogen-bond donors (Lipinski definition) is 1. The van der Waals surface area contributed by atoms with E-state index in [-0.39, 0.29) is 17.6 Å². The first-order valence-electron chi connectivity index (χ1n) is 9.24. The average Bonchev–Trinajstić information content (AvgIpc) is 3.08.